The summed E-state index contributed by atoms with van der Waals surface area (Å²) in [6, 6.07) is 1.93. The van der Waals surface area contributed by atoms with Crippen molar-refractivity contribution >= 4 is 11.8 Å². The highest BCUT2D eigenvalue weighted by Crippen LogP contribution is 2.28. The monoisotopic (exact) mass is 247 g/mol. The van der Waals surface area contributed by atoms with Crippen molar-refractivity contribution in [1.82, 2.24) is 10.3 Å². The number of amides is 2. The molecule has 0 aromatic carbocycles. The summed E-state index contributed by atoms with van der Waals surface area (Å²) in [6.07, 6.45) is -3.81. The quantitative estimate of drug-likeness (QED) is 0.732. The molecule has 1 aromatic rings. The molecule has 0 aliphatic carbocycles. The number of nitrogens with two attached hydrogens (primary N) is 1. The van der Waals surface area contributed by atoms with Crippen molar-refractivity contribution in [3.8, 4) is 0 Å². The summed E-state index contributed by atoms with van der Waals surface area (Å²) in [5.41, 5.74) is 3.96. The fourth-order valence-electron chi connectivity index (χ4n) is 0.955. The largest absolute Gasteiger partial charge is 0.417 e. The number of hydrogen-bond donors (Lipinski definition) is 2. The molecule has 0 atom stereocenters. The summed E-state index contributed by atoms with van der Waals surface area (Å²) in [7, 11) is 0. The number of hydrogen-bond acceptors (Lipinski definition) is 3. The standard InChI is InChI=1S/C9H8F3N3O2/c10-9(11,12)5-1-2-6(14-3-5)4-15-8(17)7(13)16/h1-3H,4H2,(H2,13,16)(H,15,17). The van der Waals surface area contributed by atoms with E-state index in [1.54, 1.807) is 0 Å². The van der Waals surface area contributed by atoms with Gasteiger partial charge in [-0.25, -0.2) is 0 Å². The maximum atomic E-state index is 12.2. The van der Waals surface area contributed by atoms with Crippen LogP contribution in [0.3, 0.4) is 0 Å². The van der Waals surface area contributed by atoms with Gasteiger partial charge < -0.3 is 11.1 Å². The van der Waals surface area contributed by atoms with Crippen LogP contribution in [0.25, 0.3) is 0 Å². The molecule has 17 heavy (non-hydrogen) atoms. The Bertz CT molecular complexity index is 428. The van der Waals surface area contributed by atoms with E-state index in [1.807, 2.05) is 0 Å². The lowest BCUT2D eigenvalue weighted by molar-refractivity contribution is -0.138. The molecule has 2 amide bonds. The number of carbonyl (C=O) groups is 2. The number of aromatic nitrogens is 1. The van der Waals surface area contributed by atoms with Crippen LogP contribution in [0.2, 0.25) is 0 Å². The van der Waals surface area contributed by atoms with Gasteiger partial charge in [0.25, 0.3) is 0 Å². The summed E-state index contributed by atoms with van der Waals surface area (Å²) in [6.45, 7) is -0.167. The van der Waals surface area contributed by atoms with Crippen molar-refractivity contribution in [3.05, 3.63) is 29.6 Å². The molecule has 0 saturated carbocycles. The third-order valence-corrected chi connectivity index (χ3v) is 1.81. The molecule has 5 nitrogen and oxygen atoms in total. The molecule has 8 heteroatoms. The number of nitrogens with one attached hydrogen (secondary N) is 1. The number of alkyl halides is 3. The minimum atomic E-state index is -4.46. The van der Waals surface area contributed by atoms with Crippen LogP contribution < -0.4 is 11.1 Å². The maximum absolute atomic E-state index is 12.2. The van der Waals surface area contributed by atoms with Crippen molar-refractivity contribution in [1.29, 1.82) is 0 Å². The molecule has 0 spiro atoms. The first kappa shape index (κ1) is 12.9. The summed E-state index contributed by atoms with van der Waals surface area (Å²) in [4.78, 5) is 24.6. The van der Waals surface area contributed by atoms with Crippen LogP contribution in [-0.2, 0) is 22.3 Å². The minimum Gasteiger partial charge on any atom is -0.361 e. The SMILES string of the molecule is NC(=O)C(=O)NCc1ccc(C(F)(F)F)cn1. The molecule has 1 aromatic heterocycles. The van der Waals surface area contributed by atoms with Crippen LogP contribution in [0.1, 0.15) is 11.3 Å². The predicted octanol–water partition coefficient (Wildman–Crippen LogP) is 0.202. The number of carbonyl (C=O) groups excluding carboxylic acids is 2. The Labute approximate surface area is 93.8 Å². The van der Waals surface area contributed by atoms with E-state index in [0.717, 1.165) is 12.1 Å². The predicted molar refractivity (Wildman–Crippen MR) is 50.3 cm³/mol. The van der Waals surface area contributed by atoms with Gasteiger partial charge in [-0.1, -0.05) is 0 Å². The van der Waals surface area contributed by atoms with Crippen LogP contribution in [0.5, 0.6) is 0 Å². The van der Waals surface area contributed by atoms with Crippen LogP contribution >= 0.6 is 0 Å². The summed E-state index contributed by atoms with van der Waals surface area (Å²) >= 11 is 0. The van der Waals surface area contributed by atoms with Crippen molar-refractivity contribution < 1.29 is 22.8 Å². The zero-order valence-electron chi connectivity index (χ0n) is 8.41. The van der Waals surface area contributed by atoms with Crippen molar-refractivity contribution in [2.24, 2.45) is 5.73 Å². The van der Waals surface area contributed by atoms with Crippen molar-refractivity contribution in [3.63, 3.8) is 0 Å². The molecular weight excluding hydrogens is 239 g/mol. The first-order valence-corrected chi connectivity index (χ1v) is 4.40. The maximum Gasteiger partial charge on any atom is 0.417 e. The molecule has 0 radical (unpaired) electrons. The average Bonchev–Trinajstić information content (AvgIpc) is 2.25. The van der Waals surface area contributed by atoms with Gasteiger partial charge in [0.05, 0.1) is 17.8 Å². The van der Waals surface area contributed by atoms with E-state index in [9.17, 15) is 22.8 Å². The van der Waals surface area contributed by atoms with E-state index >= 15 is 0 Å². The third-order valence-electron chi connectivity index (χ3n) is 1.81. The van der Waals surface area contributed by atoms with E-state index in [0.29, 0.717) is 6.20 Å². The highest BCUT2D eigenvalue weighted by molar-refractivity contribution is 6.34. The molecular formula is C9H8F3N3O2. The van der Waals surface area contributed by atoms with Gasteiger partial charge in [0.1, 0.15) is 0 Å². The van der Waals surface area contributed by atoms with E-state index in [-0.39, 0.29) is 12.2 Å². The second-order valence-electron chi connectivity index (χ2n) is 3.08. The number of halogens is 3. The van der Waals surface area contributed by atoms with Gasteiger partial charge in [-0.15, -0.1) is 0 Å². The minimum absolute atomic E-state index is 0.167. The van der Waals surface area contributed by atoms with Gasteiger partial charge >= 0.3 is 18.0 Å². The van der Waals surface area contributed by atoms with E-state index in [1.165, 1.54) is 0 Å². The normalized spacial score (nSPS) is 11.0. The fraction of sp³-hybridized carbons (Fsp3) is 0.222. The van der Waals surface area contributed by atoms with Crippen molar-refractivity contribution in [2.45, 2.75) is 12.7 Å². The van der Waals surface area contributed by atoms with Crippen LogP contribution in [0.4, 0.5) is 13.2 Å². The Morgan fingerprint density at radius 1 is 1.35 bits per heavy atom. The Hall–Kier alpha value is -2.12. The lowest BCUT2D eigenvalue weighted by Crippen LogP contribution is -2.35. The second kappa shape index (κ2) is 4.81. The van der Waals surface area contributed by atoms with Crippen molar-refractivity contribution in [2.75, 3.05) is 0 Å². The van der Waals surface area contributed by atoms with Crippen LogP contribution in [0, 0.1) is 0 Å². The summed E-state index contributed by atoms with van der Waals surface area (Å²) in [5, 5.41) is 2.10. The Balaban J connectivity index is 2.63. The number of nitrogens with zero attached hydrogens (tertiary/aromatic N) is 1. The van der Waals surface area contributed by atoms with E-state index < -0.39 is 23.6 Å². The summed E-state index contributed by atoms with van der Waals surface area (Å²) < 4.78 is 36.5. The molecule has 92 valence electrons. The first-order valence-electron chi connectivity index (χ1n) is 4.40. The molecule has 0 bridgehead atoms. The number of pyridine rings is 1. The molecule has 1 heterocycles. The van der Waals surface area contributed by atoms with Gasteiger partial charge in [-0.2, -0.15) is 13.2 Å². The molecule has 3 N–H and O–H groups in total. The van der Waals surface area contributed by atoms with Gasteiger partial charge in [0.15, 0.2) is 0 Å². The molecule has 0 aliphatic heterocycles. The van der Waals surface area contributed by atoms with Gasteiger partial charge in [-0.05, 0) is 12.1 Å². The molecule has 0 saturated heterocycles. The zero-order chi connectivity index (χ0) is 13.1. The third kappa shape index (κ3) is 3.74. The Morgan fingerprint density at radius 3 is 2.41 bits per heavy atom. The molecule has 1 rings (SSSR count). The van der Waals surface area contributed by atoms with E-state index in [4.69, 9.17) is 0 Å². The highest BCUT2D eigenvalue weighted by Gasteiger charge is 2.30. The first-order chi connectivity index (χ1) is 7.80. The number of rotatable bonds is 2. The Morgan fingerprint density at radius 2 is 2.00 bits per heavy atom. The van der Waals surface area contributed by atoms with Crippen LogP contribution in [0.15, 0.2) is 18.3 Å². The molecule has 0 unspecified atom stereocenters. The summed E-state index contributed by atoms with van der Waals surface area (Å²) in [5.74, 6) is -2.19. The lowest BCUT2D eigenvalue weighted by Gasteiger charge is -2.07. The van der Waals surface area contributed by atoms with Gasteiger partial charge in [0, 0.05) is 6.20 Å². The smallest absolute Gasteiger partial charge is 0.361 e. The fourth-order valence-corrected chi connectivity index (χ4v) is 0.955. The van der Waals surface area contributed by atoms with Gasteiger partial charge in [-0.3, -0.25) is 14.6 Å². The lowest BCUT2D eigenvalue weighted by atomic mass is 10.2. The molecule has 0 fully saturated rings. The highest BCUT2D eigenvalue weighted by atomic mass is 19.4. The zero-order valence-corrected chi connectivity index (χ0v) is 8.41. The topological polar surface area (TPSA) is 85.1 Å². The second-order valence-corrected chi connectivity index (χ2v) is 3.08. The molecule has 0 aliphatic rings. The van der Waals surface area contributed by atoms with E-state index in [2.05, 4.69) is 16.0 Å². The Kier molecular flexibility index (Phi) is 3.66. The average molecular weight is 247 g/mol. The number of primary amides is 1. The van der Waals surface area contributed by atoms with Gasteiger partial charge in [0.2, 0.25) is 0 Å². The van der Waals surface area contributed by atoms with Crippen LogP contribution in [-0.4, -0.2) is 16.8 Å².